The third-order valence-electron chi connectivity index (χ3n) is 4.10. The molecule has 27 heavy (non-hydrogen) atoms. The number of benzene rings is 2. The molecular weight excluding hydrogens is 350 g/mol. The first-order valence-corrected chi connectivity index (χ1v) is 8.68. The molecule has 0 aromatic heterocycles. The van der Waals surface area contributed by atoms with E-state index in [-0.39, 0.29) is 25.7 Å². The van der Waals surface area contributed by atoms with Crippen LogP contribution in [0.15, 0.2) is 54.6 Å². The minimum absolute atomic E-state index is 0.0135. The van der Waals surface area contributed by atoms with E-state index in [2.05, 4.69) is 0 Å². The van der Waals surface area contributed by atoms with Gasteiger partial charge in [0.15, 0.2) is 6.10 Å². The van der Waals surface area contributed by atoms with Gasteiger partial charge in [-0.15, -0.1) is 0 Å². The number of rotatable bonds is 7. The molecule has 7 nitrogen and oxygen atoms in total. The molecule has 1 aliphatic heterocycles. The molecule has 0 saturated carbocycles. The molecule has 0 spiro atoms. The maximum Gasteiger partial charge on any atom is 0.334 e. The van der Waals surface area contributed by atoms with Crippen LogP contribution >= 0.6 is 0 Å². The Morgan fingerprint density at radius 3 is 2.52 bits per heavy atom. The van der Waals surface area contributed by atoms with Crippen LogP contribution in [0.1, 0.15) is 10.4 Å². The Morgan fingerprint density at radius 2 is 1.74 bits per heavy atom. The normalized spacial score (nSPS) is 16.6. The van der Waals surface area contributed by atoms with Crippen LogP contribution in [0.3, 0.4) is 0 Å². The van der Waals surface area contributed by atoms with E-state index in [1.54, 1.807) is 24.3 Å². The lowest BCUT2D eigenvalue weighted by Gasteiger charge is -2.31. The van der Waals surface area contributed by atoms with Crippen molar-refractivity contribution < 1.29 is 28.9 Å². The van der Waals surface area contributed by atoms with E-state index < -0.39 is 12.1 Å². The van der Waals surface area contributed by atoms with Gasteiger partial charge in [-0.1, -0.05) is 30.3 Å². The van der Waals surface area contributed by atoms with Gasteiger partial charge in [0.2, 0.25) is 0 Å². The van der Waals surface area contributed by atoms with Crippen LogP contribution < -0.4 is 9.47 Å². The van der Waals surface area contributed by atoms with Crippen molar-refractivity contribution >= 4 is 11.9 Å². The average Bonchev–Trinajstić information content (AvgIpc) is 2.72. The van der Waals surface area contributed by atoms with E-state index in [1.165, 1.54) is 4.90 Å². The van der Waals surface area contributed by atoms with Crippen molar-refractivity contribution in [3.8, 4) is 11.5 Å². The number of aliphatic carboxylic acids is 1. The maximum atomic E-state index is 12.8. The highest BCUT2D eigenvalue weighted by molar-refractivity contribution is 5.97. The summed E-state index contributed by atoms with van der Waals surface area (Å²) in [6.07, 6.45) is -1.00. The second-order valence-electron chi connectivity index (χ2n) is 5.95. The number of carboxylic acids is 1. The van der Waals surface area contributed by atoms with E-state index in [4.69, 9.17) is 19.3 Å². The Morgan fingerprint density at radius 1 is 1.04 bits per heavy atom. The predicted octanol–water partition coefficient (Wildman–Crippen LogP) is 2.07. The van der Waals surface area contributed by atoms with Crippen molar-refractivity contribution in [1.82, 2.24) is 4.90 Å². The zero-order valence-electron chi connectivity index (χ0n) is 14.7. The molecule has 1 saturated heterocycles. The van der Waals surface area contributed by atoms with Gasteiger partial charge in [0.25, 0.3) is 5.91 Å². The number of carbonyl (C=O) groups excluding carboxylic acids is 1. The van der Waals surface area contributed by atoms with Gasteiger partial charge in [-0.05, 0) is 24.3 Å². The number of hydrogen-bond acceptors (Lipinski definition) is 5. The van der Waals surface area contributed by atoms with Crippen LogP contribution in [0.4, 0.5) is 0 Å². The number of nitrogens with zero attached hydrogens (tertiary/aromatic N) is 1. The third-order valence-corrected chi connectivity index (χ3v) is 4.10. The fourth-order valence-corrected chi connectivity index (χ4v) is 2.75. The molecule has 1 fully saturated rings. The van der Waals surface area contributed by atoms with Gasteiger partial charge in [-0.25, -0.2) is 4.79 Å². The number of hydrogen-bond donors (Lipinski definition) is 1. The van der Waals surface area contributed by atoms with Gasteiger partial charge in [0, 0.05) is 6.54 Å². The number of amides is 1. The molecule has 2 aromatic rings. The monoisotopic (exact) mass is 371 g/mol. The predicted molar refractivity (Wildman–Crippen MR) is 97.2 cm³/mol. The van der Waals surface area contributed by atoms with E-state index in [0.717, 1.165) is 5.75 Å². The van der Waals surface area contributed by atoms with Crippen LogP contribution in [0.5, 0.6) is 11.5 Å². The average molecular weight is 371 g/mol. The zero-order chi connectivity index (χ0) is 19.1. The number of para-hydroxylation sites is 2. The van der Waals surface area contributed by atoms with E-state index in [1.807, 2.05) is 30.3 Å². The highest BCUT2D eigenvalue weighted by atomic mass is 16.5. The lowest BCUT2D eigenvalue weighted by atomic mass is 10.1. The van der Waals surface area contributed by atoms with Gasteiger partial charge in [-0.3, -0.25) is 4.79 Å². The summed E-state index contributed by atoms with van der Waals surface area (Å²) in [5.74, 6) is -0.157. The second-order valence-corrected chi connectivity index (χ2v) is 5.95. The van der Waals surface area contributed by atoms with Crippen molar-refractivity contribution in [2.75, 3.05) is 32.9 Å². The molecule has 0 unspecified atom stereocenters. The smallest absolute Gasteiger partial charge is 0.334 e. The van der Waals surface area contributed by atoms with Crippen molar-refractivity contribution in [3.63, 3.8) is 0 Å². The molecule has 2 aromatic carbocycles. The largest absolute Gasteiger partial charge is 0.490 e. The van der Waals surface area contributed by atoms with Crippen molar-refractivity contribution in [2.45, 2.75) is 6.10 Å². The molecule has 1 amide bonds. The molecule has 3 rings (SSSR count). The Hall–Kier alpha value is -3.06. The summed E-state index contributed by atoms with van der Waals surface area (Å²) in [6.45, 7) is 1.16. The van der Waals surface area contributed by atoms with Crippen LogP contribution in [-0.4, -0.2) is 60.9 Å². The minimum atomic E-state index is -1.07. The standard InChI is InChI=1S/C20H21NO6/c22-19(21-10-11-26-18(14-21)20(23)24)16-8-4-5-9-17(16)27-13-12-25-15-6-2-1-3-7-15/h1-9,18H,10-14H2,(H,23,24)/t18-/m1/s1. The zero-order valence-corrected chi connectivity index (χ0v) is 14.7. The number of morpholine rings is 1. The SMILES string of the molecule is O=C(O)[C@H]1CN(C(=O)c2ccccc2OCCOc2ccccc2)CCO1. The van der Waals surface area contributed by atoms with Gasteiger partial charge < -0.3 is 24.2 Å². The molecule has 142 valence electrons. The fourth-order valence-electron chi connectivity index (χ4n) is 2.75. The lowest BCUT2D eigenvalue weighted by Crippen LogP contribution is -2.48. The fraction of sp³-hybridized carbons (Fsp3) is 0.300. The van der Waals surface area contributed by atoms with Gasteiger partial charge >= 0.3 is 5.97 Å². The van der Waals surface area contributed by atoms with E-state index >= 15 is 0 Å². The van der Waals surface area contributed by atoms with Crippen LogP contribution in [-0.2, 0) is 9.53 Å². The first-order valence-electron chi connectivity index (χ1n) is 8.68. The van der Waals surface area contributed by atoms with Gasteiger partial charge in [0.05, 0.1) is 18.7 Å². The molecule has 7 heteroatoms. The van der Waals surface area contributed by atoms with Crippen LogP contribution in [0.25, 0.3) is 0 Å². The molecule has 0 aliphatic carbocycles. The van der Waals surface area contributed by atoms with E-state index in [9.17, 15) is 9.59 Å². The Balaban J connectivity index is 1.59. The summed E-state index contributed by atoms with van der Waals surface area (Å²) in [7, 11) is 0. The molecule has 0 radical (unpaired) electrons. The topological polar surface area (TPSA) is 85.3 Å². The molecule has 1 atom stereocenters. The highest BCUT2D eigenvalue weighted by Gasteiger charge is 2.30. The van der Waals surface area contributed by atoms with Crippen molar-refractivity contribution in [3.05, 3.63) is 60.2 Å². The Labute approximate surface area is 157 Å². The summed E-state index contributed by atoms with van der Waals surface area (Å²) in [6, 6.07) is 16.3. The Kier molecular flexibility index (Phi) is 6.27. The highest BCUT2D eigenvalue weighted by Crippen LogP contribution is 2.21. The summed E-state index contributed by atoms with van der Waals surface area (Å²) in [4.78, 5) is 25.4. The molecular formula is C20H21NO6. The number of carbonyl (C=O) groups is 2. The number of ether oxygens (including phenoxy) is 3. The van der Waals surface area contributed by atoms with Gasteiger partial charge in [0.1, 0.15) is 24.7 Å². The molecule has 1 aliphatic rings. The van der Waals surface area contributed by atoms with Crippen molar-refractivity contribution in [2.24, 2.45) is 0 Å². The lowest BCUT2D eigenvalue weighted by molar-refractivity contribution is -0.154. The van der Waals surface area contributed by atoms with Crippen molar-refractivity contribution in [1.29, 1.82) is 0 Å². The number of carboxylic acid groups (broad SMARTS) is 1. The maximum absolute atomic E-state index is 12.8. The molecule has 1 heterocycles. The summed E-state index contributed by atoms with van der Waals surface area (Å²) in [5.41, 5.74) is 0.392. The van der Waals surface area contributed by atoms with Crippen LogP contribution in [0.2, 0.25) is 0 Å². The van der Waals surface area contributed by atoms with Gasteiger partial charge in [-0.2, -0.15) is 0 Å². The second kappa shape index (κ2) is 9.05. The molecule has 1 N–H and O–H groups in total. The quantitative estimate of drug-likeness (QED) is 0.750. The van der Waals surface area contributed by atoms with E-state index in [0.29, 0.717) is 24.5 Å². The third kappa shape index (κ3) is 4.98. The van der Waals surface area contributed by atoms with Crippen LogP contribution in [0, 0.1) is 0 Å². The summed E-state index contributed by atoms with van der Waals surface area (Å²) < 4.78 is 16.5. The minimum Gasteiger partial charge on any atom is -0.490 e. The Bertz CT molecular complexity index is 779. The summed E-state index contributed by atoms with van der Waals surface area (Å²) in [5, 5.41) is 9.10. The first kappa shape index (κ1) is 18.7. The first-order chi connectivity index (χ1) is 13.1. The summed E-state index contributed by atoms with van der Waals surface area (Å²) >= 11 is 0. The molecule has 0 bridgehead atoms.